The summed E-state index contributed by atoms with van der Waals surface area (Å²) in [4.78, 5) is 14.3. The Morgan fingerprint density at radius 2 is 2.17 bits per heavy atom. The van der Waals surface area contributed by atoms with E-state index in [0.29, 0.717) is 5.69 Å². The Labute approximate surface area is 103 Å². The lowest BCUT2D eigenvalue weighted by atomic mass is 10.1. The van der Waals surface area contributed by atoms with E-state index in [1.54, 1.807) is 17.0 Å². The predicted octanol–water partition coefficient (Wildman–Crippen LogP) is 2.27. The molecule has 0 aliphatic carbocycles. The molecule has 90 valence electrons. The third-order valence-corrected chi connectivity index (χ3v) is 2.83. The molecule has 0 N–H and O–H groups in total. The molecule has 0 fully saturated rings. The van der Waals surface area contributed by atoms with Crippen LogP contribution in [0.2, 0.25) is 0 Å². The van der Waals surface area contributed by atoms with Gasteiger partial charge in [0.05, 0.1) is 16.9 Å². The summed E-state index contributed by atoms with van der Waals surface area (Å²) >= 11 is 0. The van der Waals surface area contributed by atoms with Gasteiger partial charge in [0.2, 0.25) is 0 Å². The Morgan fingerprint density at radius 1 is 1.44 bits per heavy atom. The molecule has 0 atom stereocenters. The van der Waals surface area contributed by atoms with E-state index in [-0.39, 0.29) is 11.3 Å². The molecule has 0 saturated carbocycles. The van der Waals surface area contributed by atoms with Crippen LogP contribution in [0.3, 0.4) is 0 Å². The maximum Gasteiger partial charge on any atom is 0.287 e. The second-order valence-electron chi connectivity index (χ2n) is 3.86. The van der Waals surface area contributed by atoms with Gasteiger partial charge in [-0.25, -0.2) is 4.98 Å². The minimum Gasteiger partial charge on any atom is -0.303 e. The molecule has 2 rings (SSSR count). The maximum absolute atomic E-state index is 10.7. The minimum absolute atomic E-state index is 0.0447. The van der Waals surface area contributed by atoms with E-state index < -0.39 is 4.92 Å². The summed E-state index contributed by atoms with van der Waals surface area (Å²) in [5.74, 6) is 0. The Hall–Kier alpha value is -2.68. The van der Waals surface area contributed by atoms with Gasteiger partial charge in [-0.05, 0) is 26.0 Å². The number of imidazole rings is 1. The zero-order chi connectivity index (χ0) is 13.3. The van der Waals surface area contributed by atoms with Gasteiger partial charge in [-0.15, -0.1) is 0 Å². The first-order valence-electron chi connectivity index (χ1n) is 5.24. The molecule has 0 bridgehead atoms. The lowest BCUT2D eigenvalue weighted by Crippen LogP contribution is -1.98. The monoisotopic (exact) mass is 242 g/mol. The molecular weight excluding hydrogens is 232 g/mol. The van der Waals surface area contributed by atoms with Gasteiger partial charge in [-0.2, -0.15) is 5.26 Å². The predicted molar refractivity (Wildman–Crippen MR) is 64.4 cm³/mol. The number of aryl methyl sites for hydroxylation is 1. The summed E-state index contributed by atoms with van der Waals surface area (Å²) in [5, 5.41) is 19.7. The molecule has 2 aromatic rings. The quantitative estimate of drug-likeness (QED) is 0.597. The van der Waals surface area contributed by atoms with Crippen LogP contribution in [0.5, 0.6) is 0 Å². The number of hydrogen-bond donors (Lipinski definition) is 0. The topological polar surface area (TPSA) is 84.8 Å². The highest BCUT2D eigenvalue weighted by molar-refractivity contribution is 5.54. The normalized spacial score (nSPS) is 10.1. The summed E-state index contributed by atoms with van der Waals surface area (Å²) in [5.41, 5.74) is 2.37. The summed E-state index contributed by atoms with van der Waals surface area (Å²) in [6, 6.07) is 6.27. The van der Waals surface area contributed by atoms with Crippen LogP contribution in [0, 0.1) is 35.3 Å². The molecular formula is C12H10N4O2. The smallest absolute Gasteiger partial charge is 0.287 e. The molecule has 0 aliphatic rings. The Bertz CT molecular complexity index is 667. The van der Waals surface area contributed by atoms with Crippen LogP contribution >= 0.6 is 0 Å². The van der Waals surface area contributed by atoms with Crippen molar-refractivity contribution in [3.05, 3.63) is 51.6 Å². The van der Waals surface area contributed by atoms with Crippen molar-refractivity contribution in [1.29, 1.82) is 5.26 Å². The van der Waals surface area contributed by atoms with Gasteiger partial charge in [0.15, 0.2) is 0 Å². The fourth-order valence-corrected chi connectivity index (χ4v) is 1.68. The first-order chi connectivity index (χ1) is 8.54. The lowest BCUT2D eigenvalue weighted by Gasteiger charge is -2.05. The van der Waals surface area contributed by atoms with Crippen molar-refractivity contribution in [3.8, 4) is 11.8 Å². The summed E-state index contributed by atoms with van der Waals surface area (Å²) in [6.45, 7) is 3.78. The van der Waals surface area contributed by atoms with Crippen molar-refractivity contribution in [3.63, 3.8) is 0 Å². The number of hydrogen-bond acceptors (Lipinski definition) is 4. The molecule has 1 aromatic heterocycles. The first-order valence-corrected chi connectivity index (χ1v) is 5.24. The fourth-order valence-electron chi connectivity index (χ4n) is 1.68. The van der Waals surface area contributed by atoms with E-state index in [1.807, 2.05) is 19.9 Å². The van der Waals surface area contributed by atoms with Crippen molar-refractivity contribution in [2.75, 3.05) is 0 Å². The van der Waals surface area contributed by atoms with Crippen molar-refractivity contribution < 1.29 is 4.92 Å². The van der Waals surface area contributed by atoms with Gasteiger partial charge >= 0.3 is 0 Å². The highest BCUT2D eigenvalue weighted by Crippen LogP contribution is 2.22. The number of aromatic nitrogens is 2. The average Bonchev–Trinajstić information content (AvgIpc) is 2.69. The van der Waals surface area contributed by atoms with Crippen molar-refractivity contribution in [1.82, 2.24) is 9.55 Å². The van der Waals surface area contributed by atoms with E-state index in [2.05, 4.69) is 4.98 Å². The van der Waals surface area contributed by atoms with Crippen LogP contribution in [0.15, 0.2) is 24.5 Å². The molecule has 0 saturated heterocycles. The molecule has 0 aliphatic heterocycles. The molecule has 6 heteroatoms. The number of nitriles is 1. The maximum atomic E-state index is 10.7. The van der Waals surface area contributed by atoms with Gasteiger partial charge in [-0.1, -0.05) is 0 Å². The largest absolute Gasteiger partial charge is 0.303 e. The van der Waals surface area contributed by atoms with Crippen LogP contribution in [0.1, 0.15) is 17.0 Å². The SMILES string of the molecule is Cc1ncn(-c2ccc([N+](=O)[O-])c(C#N)c2)c1C. The van der Waals surface area contributed by atoms with Gasteiger partial charge in [0, 0.05) is 17.4 Å². The van der Waals surface area contributed by atoms with Crippen molar-refractivity contribution in [2.45, 2.75) is 13.8 Å². The van der Waals surface area contributed by atoms with Gasteiger partial charge in [0.25, 0.3) is 5.69 Å². The number of rotatable bonds is 2. The Kier molecular flexibility index (Phi) is 2.81. The van der Waals surface area contributed by atoms with Crippen molar-refractivity contribution >= 4 is 5.69 Å². The van der Waals surface area contributed by atoms with Crippen LogP contribution in [-0.4, -0.2) is 14.5 Å². The Balaban J connectivity index is 2.59. The number of nitro benzene ring substituents is 1. The molecule has 0 unspecified atom stereocenters. The van der Waals surface area contributed by atoms with Gasteiger partial charge in [0.1, 0.15) is 11.6 Å². The van der Waals surface area contributed by atoms with E-state index in [4.69, 9.17) is 5.26 Å². The highest BCUT2D eigenvalue weighted by atomic mass is 16.6. The highest BCUT2D eigenvalue weighted by Gasteiger charge is 2.15. The minimum atomic E-state index is -0.561. The van der Waals surface area contributed by atoms with E-state index in [0.717, 1.165) is 11.4 Å². The number of nitro groups is 1. The van der Waals surface area contributed by atoms with E-state index in [9.17, 15) is 10.1 Å². The fraction of sp³-hybridized carbons (Fsp3) is 0.167. The zero-order valence-electron chi connectivity index (χ0n) is 9.91. The summed E-state index contributed by atoms with van der Waals surface area (Å²) in [7, 11) is 0. The molecule has 1 heterocycles. The third kappa shape index (κ3) is 1.82. The molecule has 1 aromatic carbocycles. The summed E-state index contributed by atoms with van der Waals surface area (Å²) in [6.07, 6.45) is 1.63. The van der Waals surface area contributed by atoms with Crippen LogP contribution in [0.4, 0.5) is 5.69 Å². The van der Waals surface area contributed by atoms with Crippen LogP contribution in [-0.2, 0) is 0 Å². The molecule has 0 spiro atoms. The van der Waals surface area contributed by atoms with Crippen LogP contribution in [0.25, 0.3) is 5.69 Å². The average molecular weight is 242 g/mol. The standard InChI is InChI=1S/C12H10N4O2/c1-8-9(2)15(7-14-8)11-3-4-12(16(17)18)10(5-11)6-13/h3-5,7H,1-2H3. The zero-order valence-corrected chi connectivity index (χ0v) is 9.91. The second-order valence-corrected chi connectivity index (χ2v) is 3.86. The second kappa shape index (κ2) is 4.30. The molecule has 18 heavy (non-hydrogen) atoms. The first kappa shape index (κ1) is 11.8. The van der Waals surface area contributed by atoms with Gasteiger partial charge in [-0.3, -0.25) is 10.1 Å². The van der Waals surface area contributed by atoms with Crippen molar-refractivity contribution in [2.24, 2.45) is 0 Å². The Morgan fingerprint density at radius 3 is 2.67 bits per heavy atom. The third-order valence-electron chi connectivity index (χ3n) is 2.83. The van der Waals surface area contributed by atoms with Gasteiger partial charge < -0.3 is 4.57 Å². The molecule has 6 nitrogen and oxygen atoms in total. The lowest BCUT2D eigenvalue weighted by molar-refractivity contribution is -0.385. The van der Waals surface area contributed by atoms with Crippen LogP contribution < -0.4 is 0 Å². The summed E-state index contributed by atoms with van der Waals surface area (Å²) < 4.78 is 1.79. The number of benzene rings is 1. The molecule has 0 amide bonds. The molecule has 0 radical (unpaired) electrons. The van der Waals surface area contributed by atoms with E-state index >= 15 is 0 Å². The number of nitrogens with zero attached hydrogens (tertiary/aromatic N) is 4. The van der Waals surface area contributed by atoms with E-state index in [1.165, 1.54) is 12.1 Å².